The van der Waals surface area contributed by atoms with Crippen molar-refractivity contribution in [3.63, 3.8) is 0 Å². The first-order valence-electron chi connectivity index (χ1n) is 7.88. The Morgan fingerprint density at radius 3 is 2.57 bits per heavy atom. The summed E-state index contributed by atoms with van der Waals surface area (Å²) in [4.78, 5) is 0. The van der Waals surface area contributed by atoms with E-state index in [9.17, 15) is 8.42 Å². The lowest BCUT2D eigenvalue weighted by Gasteiger charge is -2.31. The van der Waals surface area contributed by atoms with Crippen molar-refractivity contribution in [3.8, 4) is 0 Å². The van der Waals surface area contributed by atoms with Crippen molar-refractivity contribution >= 4 is 10.0 Å². The molecule has 2 fully saturated rings. The standard InChI is InChI=1S/C16H24N2O2S/c17-11-14-6-1-2-7-15(14)12-21(19,20)18-10-9-13-5-3-4-8-16(13)18/h1-2,6-7,13,16H,3-5,8-12,17H2. The second-order valence-corrected chi connectivity index (χ2v) is 8.16. The molecule has 1 saturated heterocycles. The summed E-state index contributed by atoms with van der Waals surface area (Å²) in [7, 11) is -3.24. The molecule has 4 nitrogen and oxygen atoms in total. The number of sulfonamides is 1. The van der Waals surface area contributed by atoms with Gasteiger partial charge in [0.25, 0.3) is 0 Å². The summed E-state index contributed by atoms with van der Waals surface area (Å²) in [6.07, 6.45) is 5.67. The highest BCUT2D eigenvalue weighted by Gasteiger charge is 2.41. The molecule has 0 spiro atoms. The second kappa shape index (κ2) is 6.07. The first kappa shape index (κ1) is 15.0. The zero-order valence-corrected chi connectivity index (χ0v) is 13.2. The van der Waals surface area contributed by atoms with Gasteiger partial charge in [-0.1, -0.05) is 37.1 Å². The van der Waals surface area contributed by atoms with Crippen molar-refractivity contribution in [2.24, 2.45) is 11.7 Å². The summed E-state index contributed by atoms with van der Waals surface area (Å²) in [6, 6.07) is 7.84. The van der Waals surface area contributed by atoms with Crippen LogP contribution in [0.25, 0.3) is 0 Å². The molecule has 2 atom stereocenters. The fraction of sp³-hybridized carbons (Fsp3) is 0.625. The van der Waals surface area contributed by atoms with Gasteiger partial charge in [0.1, 0.15) is 0 Å². The van der Waals surface area contributed by atoms with E-state index in [2.05, 4.69) is 0 Å². The lowest BCUT2D eigenvalue weighted by Crippen LogP contribution is -2.39. The molecule has 5 heteroatoms. The molecule has 2 N–H and O–H groups in total. The van der Waals surface area contributed by atoms with Crippen LogP contribution in [0.5, 0.6) is 0 Å². The van der Waals surface area contributed by atoms with Gasteiger partial charge < -0.3 is 5.73 Å². The van der Waals surface area contributed by atoms with Crippen LogP contribution >= 0.6 is 0 Å². The normalized spacial score (nSPS) is 26.7. The van der Waals surface area contributed by atoms with E-state index in [0.29, 0.717) is 19.0 Å². The predicted molar refractivity (Wildman–Crippen MR) is 84.0 cm³/mol. The van der Waals surface area contributed by atoms with Crippen molar-refractivity contribution in [1.82, 2.24) is 4.31 Å². The molecule has 1 heterocycles. The third kappa shape index (κ3) is 3.00. The van der Waals surface area contributed by atoms with Crippen LogP contribution in [0.4, 0.5) is 0 Å². The topological polar surface area (TPSA) is 63.4 Å². The third-order valence-electron chi connectivity index (χ3n) is 4.99. The van der Waals surface area contributed by atoms with E-state index in [4.69, 9.17) is 5.73 Å². The van der Waals surface area contributed by atoms with Crippen LogP contribution < -0.4 is 5.73 Å². The van der Waals surface area contributed by atoms with Crippen LogP contribution in [-0.4, -0.2) is 25.3 Å². The van der Waals surface area contributed by atoms with E-state index >= 15 is 0 Å². The fourth-order valence-corrected chi connectivity index (χ4v) is 5.80. The SMILES string of the molecule is NCc1ccccc1CS(=O)(=O)N1CCC2CCCCC21. The minimum atomic E-state index is -3.24. The molecule has 3 rings (SSSR count). The Balaban J connectivity index is 1.81. The molecule has 0 radical (unpaired) electrons. The zero-order valence-electron chi connectivity index (χ0n) is 12.4. The molecule has 1 saturated carbocycles. The Bertz CT molecular complexity index is 600. The molecule has 0 bridgehead atoms. The van der Waals surface area contributed by atoms with E-state index in [1.807, 2.05) is 24.3 Å². The van der Waals surface area contributed by atoms with E-state index in [0.717, 1.165) is 30.4 Å². The molecule has 0 aromatic heterocycles. The summed E-state index contributed by atoms with van der Waals surface area (Å²) >= 11 is 0. The minimum Gasteiger partial charge on any atom is -0.326 e. The number of hydrogen-bond acceptors (Lipinski definition) is 3. The van der Waals surface area contributed by atoms with Crippen LogP contribution in [0, 0.1) is 5.92 Å². The van der Waals surface area contributed by atoms with Crippen LogP contribution in [0.3, 0.4) is 0 Å². The summed E-state index contributed by atoms with van der Waals surface area (Å²) in [5.41, 5.74) is 7.50. The number of rotatable bonds is 4. The van der Waals surface area contributed by atoms with Gasteiger partial charge in [0.15, 0.2) is 0 Å². The lowest BCUT2D eigenvalue weighted by molar-refractivity contribution is 0.260. The van der Waals surface area contributed by atoms with Gasteiger partial charge >= 0.3 is 0 Å². The molecular formula is C16H24N2O2S. The van der Waals surface area contributed by atoms with Crippen LogP contribution in [-0.2, 0) is 22.3 Å². The molecule has 0 amide bonds. The van der Waals surface area contributed by atoms with Crippen molar-refractivity contribution < 1.29 is 8.42 Å². The highest BCUT2D eigenvalue weighted by Crippen LogP contribution is 2.38. The average Bonchev–Trinajstić information content (AvgIpc) is 2.92. The van der Waals surface area contributed by atoms with Gasteiger partial charge in [0.2, 0.25) is 10.0 Å². The van der Waals surface area contributed by atoms with Crippen molar-refractivity contribution in [3.05, 3.63) is 35.4 Å². The van der Waals surface area contributed by atoms with E-state index in [1.165, 1.54) is 12.8 Å². The van der Waals surface area contributed by atoms with E-state index < -0.39 is 10.0 Å². The van der Waals surface area contributed by atoms with E-state index in [-0.39, 0.29) is 11.8 Å². The Morgan fingerprint density at radius 1 is 1.10 bits per heavy atom. The van der Waals surface area contributed by atoms with Gasteiger partial charge in [-0.2, -0.15) is 4.31 Å². The second-order valence-electron chi connectivity index (χ2n) is 6.24. The lowest BCUT2D eigenvalue weighted by atomic mass is 9.86. The first-order chi connectivity index (χ1) is 10.1. The van der Waals surface area contributed by atoms with Gasteiger partial charge in [-0.05, 0) is 36.3 Å². The van der Waals surface area contributed by atoms with Gasteiger partial charge in [0, 0.05) is 19.1 Å². The van der Waals surface area contributed by atoms with Crippen LogP contribution in [0.1, 0.15) is 43.2 Å². The number of nitrogens with two attached hydrogens (primary N) is 1. The number of nitrogens with zero attached hydrogens (tertiary/aromatic N) is 1. The largest absolute Gasteiger partial charge is 0.326 e. The number of benzene rings is 1. The molecule has 2 aliphatic rings. The monoisotopic (exact) mass is 308 g/mol. The Kier molecular flexibility index (Phi) is 4.33. The molecule has 116 valence electrons. The highest BCUT2D eigenvalue weighted by molar-refractivity contribution is 7.88. The summed E-state index contributed by atoms with van der Waals surface area (Å²) < 4.78 is 27.4. The summed E-state index contributed by atoms with van der Waals surface area (Å²) in [5, 5.41) is 0. The molecule has 1 aromatic carbocycles. The summed E-state index contributed by atoms with van der Waals surface area (Å²) in [6.45, 7) is 1.08. The van der Waals surface area contributed by atoms with Crippen molar-refractivity contribution in [2.75, 3.05) is 6.54 Å². The van der Waals surface area contributed by atoms with Crippen LogP contribution in [0.2, 0.25) is 0 Å². The van der Waals surface area contributed by atoms with Gasteiger partial charge in [-0.25, -0.2) is 8.42 Å². The molecule has 1 aliphatic heterocycles. The Labute approximate surface area is 127 Å². The van der Waals surface area contributed by atoms with Crippen molar-refractivity contribution in [2.45, 2.75) is 50.4 Å². The number of fused-ring (bicyclic) bond motifs is 1. The maximum Gasteiger partial charge on any atom is 0.218 e. The Morgan fingerprint density at radius 2 is 1.81 bits per heavy atom. The Hall–Kier alpha value is -0.910. The molecule has 21 heavy (non-hydrogen) atoms. The molecule has 1 aliphatic carbocycles. The van der Waals surface area contributed by atoms with Gasteiger partial charge in [-0.15, -0.1) is 0 Å². The smallest absolute Gasteiger partial charge is 0.218 e. The highest BCUT2D eigenvalue weighted by atomic mass is 32.2. The molecular weight excluding hydrogens is 284 g/mol. The summed E-state index contributed by atoms with van der Waals surface area (Å²) in [5.74, 6) is 0.669. The molecule has 1 aromatic rings. The minimum absolute atomic E-state index is 0.0869. The van der Waals surface area contributed by atoms with Crippen LogP contribution in [0.15, 0.2) is 24.3 Å². The zero-order chi connectivity index (χ0) is 14.9. The average molecular weight is 308 g/mol. The van der Waals surface area contributed by atoms with E-state index in [1.54, 1.807) is 4.31 Å². The molecule has 2 unspecified atom stereocenters. The maximum absolute atomic E-state index is 12.8. The van der Waals surface area contributed by atoms with Crippen molar-refractivity contribution in [1.29, 1.82) is 0 Å². The fourth-order valence-electron chi connectivity index (χ4n) is 3.89. The van der Waals surface area contributed by atoms with Gasteiger partial charge in [0.05, 0.1) is 5.75 Å². The third-order valence-corrected chi connectivity index (χ3v) is 6.84. The van der Waals surface area contributed by atoms with Gasteiger partial charge in [-0.3, -0.25) is 0 Å². The predicted octanol–water partition coefficient (Wildman–Crippen LogP) is 2.24. The first-order valence-corrected chi connectivity index (χ1v) is 9.49. The number of hydrogen-bond donors (Lipinski definition) is 1. The quantitative estimate of drug-likeness (QED) is 0.928. The maximum atomic E-state index is 12.8.